The average molecular weight is 306 g/mol. The van der Waals surface area contributed by atoms with Crippen molar-refractivity contribution in [3.05, 3.63) is 78.1 Å². The van der Waals surface area contributed by atoms with E-state index >= 15 is 0 Å². The molecule has 4 aromatic rings. The molecule has 0 atom stereocenters. The lowest BCUT2D eigenvalue weighted by Gasteiger charge is -2.09. The Labute approximate surface area is 132 Å². The Morgan fingerprint density at radius 2 is 1.59 bits per heavy atom. The summed E-state index contributed by atoms with van der Waals surface area (Å²) in [5.74, 6) is 0.894. The summed E-state index contributed by atoms with van der Waals surface area (Å²) < 4.78 is 2.11. The molecule has 0 spiro atoms. The molecule has 0 aliphatic heterocycles. The summed E-state index contributed by atoms with van der Waals surface area (Å²) in [6.45, 7) is 0. The number of hydrogen-bond acceptors (Lipinski definition) is 2. The maximum atomic E-state index is 5.91. The average Bonchev–Trinajstić information content (AvgIpc) is 2.96. The Kier molecular flexibility index (Phi) is 3.13. The molecule has 0 amide bonds. The van der Waals surface area contributed by atoms with Crippen LogP contribution in [0.2, 0.25) is 5.15 Å². The number of hydrogen-bond donors (Lipinski definition) is 0. The molecule has 0 saturated carbocycles. The maximum absolute atomic E-state index is 5.91. The van der Waals surface area contributed by atoms with E-state index in [0.717, 1.165) is 28.1 Å². The molecule has 0 saturated heterocycles. The third kappa shape index (κ3) is 2.16. The lowest BCUT2D eigenvalue weighted by Crippen LogP contribution is -1.98. The van der Waals surface area contributed by atoms with E-state index in [-0.39, 0.29) is 0 Å². The predicted octanol–water partition coefficient (Wildman–Crippen LogP) is 4.74. The van der Waals surface area contributed by atoms with Crippen LogP contribution in [0.5, 0.6) is 0 Å². The van der Waals surface area contributed by atoms with Gasteiger partial charge in [-0.3, -0.25) is 4.57 Å². The van der Waals surface area contributed by atoms with Crippen molar-refractivity contribution in [3.8, 4) is 17.1 Å². The van der Waals surface area contributed by atoms with Crippen LogP contribution >= 0.6 is 11.6 Å². The molecule has 0 bridgehead atoms. The minimum Gasteiger partial charge on any atom is -0.291 e. The van der Waals surface area contributed by atoms with Crippen molar-refractivity contribution < 1.29 is 0 Å². The lowest BCUT2D eigenvalue weighted by molar-refractivity contribution is 1.08. The molecular formula is C18H12ClN3. The van der Waals surface area contributed by atoms with Crippen LogP contribution in [-0.2, 0) is 0 Å². The highest BCUT2D eigenvalue weighted by molar-refractivity contribution is 6.29. The van der Waals surface area contributed by atoms with Crippen LogP contribution in [0.3, 0.4) is 0 Å². The van der Waals surface area contributed by atoms with Gasteiger partial charge in [0.15, 0.2) is 0 Å². The van der Waals surface area contributed by atoms with Crippen LogP contribution in [0.15, 0.2) is 72.9 Å². The molecule has 0 aliphatic carbocycles. The molecule has 0 unspecified atom stereocenters. The summed E-state index contributed by atoms with van der Waals surface area (Å²) in [5.41, 5.74) is 4.01. The van der Waals surface area contributed by atoms with Gasteiger partial charge in [0.1, 0.15) is 11.0 Å². The summed E-state index contributed by atoms with van der Waals surface area (Å²) in [4.78, 5) is 8.98. The van der Waals surface area contributed by atoms with Crippen LogP contribution in [0, 0.1) is 0 Å². The van der Waals surface area contributed by atoms with Gasteiger partial charge in [0.05, 0.1) is 22.9 Å². The van der Waals surface area contributed by atoms with Crippen molar-refractivity contribution >= 4 is 22.6 Å². The molecule has 4 rings (SSSR count). The van der Waals surface area contributed by atoms with Crippen molar-refractivity contribution in [3.63, 3.8) is 0 Å². The number of rotatable bonds is 2. The Hall–Kier alpha value is -2.65. The summed E-state index contributed by atoms with van der Waals surface area (Å²) in [7, 11) is 0. The molecule has 0 N–H and O–H groups in total. The highest BCUT2D eigenvalue weighted by atomic mass is 35.5. The number of benzene rings is 2. The summed E-state index contributed by atoms with van der Waals surface area (Å²) in [6, 6.07) is 22.0. The molecular weight excluding hydrogens is 294 g/mol. The number of fused-ring (bicyclic) bond motifs is 1. The summed E-state index contributed by atoms with van der Waals surface area (Å²) >= 11 is 5.91. The highest BCUT2D eigenvalue weighted by Gasteiger charge is 2.13. The second kappa shape index (κ2) is 5.28. The first-order valence-electron chi connectivity index (χ1n) is 6.98. The van der Waals surface area contributed by atoms with Gasteiger partial charge in [0.25, 0.3) is 0 Å². The quantitative estimate of drug-likeness (QED) is 0.501. The normalized spacial score (nSPS) is 11.0. The van der Waals surface area contributed by atoms with Crippen LogP contribution in [0.1, 0.15) is 0 Å². The second-order valence-electron chi connectivity index (χ2n) is 4.96. The summed E-state index contributed by atoms with van der Waals surface area (Å²) in [5, 5.41) is 0.481. The Morgan fingerprint density at radius 1 is 0.818 bits per heavy atom. The molecule has 4 heteroatoms. The smallest absolute Gasteiger partial charge is 0.145 e. The predicted molar refractivity (Wildman–Crippen MR) is 89.3 cm³/mol. The van der Waals surface area contributed by atoms with Crippen molar-refractivity contribution in [2.24, 2.45) is 0 Å². The highest BCUT2D eigenvalue weighted by Crippen LogP contribution is 2.28. The van der Waals surface area contributed by atoms with Gasteiger partial charge < -0.3 is 0 Å². The van der Waals surface area contributed by atoms with E-state index in [2.05, 4.69) is 27.8 Å². The maximum Gasteiger partial charge on any atom is 0.145 e. The fourth-order valence-electron chi connectivity index (χ4n) is 2.57. The third-order valence-electron chi connectivity index (χ3n) is 3.56. The number of aromatic nitrogens is 3. The molecule has 22 heavy (non-hydrogen) atoms. The van der Waals surface area contributed by atoms with E-state index in [4.69, 9.17) is 16.6 Å². The van der Waals surface area contributed by atoms with E-state index in [1.807, 2.05) is 42.5 Å². The van der Waals surface area contributed by atoms with Gasteiger partial charge in [-0.25, -0.2) is 9.97 Å². The van der Waals surface area contributed by atoms with E-state index in [0.29, 0.717) is 5.15 Å². The number of imidazole rings is 1. The zero-order valence-corrected chi connectivity index (χ0v) is 12.4. The summed E-state index contributed by atoms with van der Waals surface area (Å²) in [6.07, 6.45) is 1.77. The molecule has 0 radical (unpaired) electrons. The minimum atomic E-state index is 0.481. The molecule has 2 aromatic carbocycles. The van der Waals surface area contributed by atoms with E-state index in [1.165, 1.54) is 0 Å². The minimum absolute atomic E-state index is 0.481. The van der Waals surface area contributed by atoms with Gasteiger partial charge in [-0.05, 0) is 24.3 Å². The van der Waals surface area contributed by atoms with Crippen LogP contribution < -0.4 is 0 Å². The van der Waals surface area contributed by atoms with Crippen molar-refractivity contribution in [2.75, 3.05) is 0 Å². The van der Waals surface area contributed by atoms with Crippen molar-refractivity contribution in [1.82, 2.24) is 14.5 Å². The van der Waals surface area contributed by atoms with E-state index < -0.39 is 0 Å². The van der Waals surface area contributed by atoms with Gasteiger partial charge >= 0.3 is 0 Å². The second-order valence-corrected chi connectivity index (χ2v) is 5.35. The Morgan fingerprint density at radius 3 is 2.36 bits per heavy atom. The zero-order chi connectivity index (χ0) is 14.9. The number of para-hydroxylation sites is 2. The van der Waals surface area contributed by atoms with Crippen molar-refractivity contribution in [1.29, 1.82) is 0 Å². The molecule has 0 aliphatic rings. The topological polar surface area (TPSA) is 30.7 Å². The lowest BCUT2D eigenvalue weighted by atomic mass is 10.2. The first kappa shape index (κ1) is 13.0. The molecule has 106 valence electrons. The van der Waals surface area contributed by atoms with Crippen LogP contribution in [-0.4, -0.2) is 14.5 Å². The largest absolute Gasteiger partial charge is 0.291 e. The molecule has 2 aromatic heterocycles. The van der Waals surface area contributed by atoms with Gasteiger partial charge in [0, 0.05) is 5.56 Å². The molecule has 2 heterocycles. The van der Waals surface area contributed by atoms with Crippen molar-refractivity contribution in [2.45, 2.75) is 0 Å². The fourth-order valence-corrected chi connectivity index (χ4v) is 2.68. The van der Waals surface area contributed by atoms with Crippen LogP contribution in [0.4, 0.5) is 0 Å². The standard InChI is InChI=1S/C18H12ClN3/c19-17-11-10-14(12-20-17)22-16-9-5-4-8-15(16)21-18(22)13-6-2-1-3-7-13/h1-12H. The zero-order valence-electron chi connectivity index (χ0n) is 11.6. The number of nitrogens with zero attached hydrogens (tertiary/aromatic N) is 3. The molecule has 0 fully saturated rings. The SMILES string of the molecule is Clc1ccc(-n2c(-c3ccccc3)nc3ccccc32)cn1. The van der Waals surface area contributed by atoms with E-state index in [9.17, 15) is 0 Å². The third-order valence-corrected chi connectivity index (χ3v) is 3.79. The number of pyridine rings is 1. The van der Waals surface area contributed by atoms with Gasteiger partial charge in [-0.2, -0.15) is 0 Å². The fraction of sp³-hybridized carbons (Fsp3) is 0. The first-order valence-corrected chi connectivity index (χ1v) is 7.35. The Bertz CT molecular complexity index is 928. The first-order chi connectivity index (χ1) is 10.8. The Balaban J connectivity index is 2.04. The number of halogens is 1. The van der Waals surface area contributed by atoms with Crippen LogP contribution in [0.25, 0.3) is 28.1 Å². The van der Waals surface area contributed by atoms with Gasteiger partial charge in [-0.1, -0.05) is 54.1 Å². The monoisotopic (exact) mass is 305 g/mol. The van der Waals surface area contributed by atoms with Gasteiger partial charge in [0.2, 0.25) is 0 Å². The van der Waals surface area contributed by atoms with E-state index in [1.54, 1.807) is 12.3 Å². The molecule has 3 nitrogen and oxygen atoms in total. The van der Waals surface area contributed by atoms with Gasteiger partial charge in [-0.15, -0.1) is 0 Å².